The molecule has 1 aromatic rings. The lowest BCUT2D eigenvalue weighted by Gasteiger charge is -2.12. The monoisotopic (exact) mass is 244 g/mol. The number of rotatable bonds is 2. The van der Waals surface area contributed by atoms with Crippen molar-refractivity contribution in [3.8, 4) is 0 Å². The van der Waals surface area contributed by atoms with Gasteiger partial charge in [-0.05, 0) is 30.2 Å². The molecular weight excluding hydrogens is 232 g/mol. The molecular formula is C10H13ClN2OS. The van der Waals surface area contributed by atoms with Crippen molar-refractivity contribution in [2.75, 3.05) is 5.32 Å². The molecule has 1 saturated carbocycles. The van der Waals surface area contributed by atoms with Crippen molar-refractivity contribution >= 4 is 35.3 Å². The van der Waals surface area contributed by atoms with E-state index in [-0.39, 0.29) is 24.4 Å². The van der Waals surface area contributed by atoms with Gasteiger partial charge in [-0.25, -0.2) is 0 Å². The summed E-state index contributed by atoms with van der Waals surface area (Å²) >= 11 is 1.60. The van der Waals surface area contributed by atoms with Crippen molar-refractivity contribution in [2.45, 2.75) is 24.9 Å². The molecule has 3 nitrogen and oxygen atoms in total. The Hall–Kier alpha value is -0.580. The number of amides is 1. The second-order valence-electron chi connectivity index (χ2n) is 4.06. The molecule has 3 atom stereocenters. The van der Waals surface area contributed by atoms with Gasteiger partial charge in [-0.1, -0.05) is 0 Å². The number of anilines is 1. The average Bonchev–Trinajstić information content (AvgIpc) is 2.68. The molecule has 15 heavy (non-hydrogen) atoms. The summed E-state index contributed by atoms with van der Waals surface area (Å²) < 4.78 is 0. The van der Waals surface area contributed by atoms with E-state index in [1.807, 2.05) is 16.8 Å². The third kappa shape index (κ3) is 2.17. The number of piperidine rings is 1. The third-order valence-corrected chi connectivity index (χ3v) is 3.66. The summed E-state index contributed by atoms with van der Waals surface area (Å²) in [6, 6.07) is 2.60. The number of hydrogen-bond donors (Lipinski definition) is 2. The molecule has 1 aliphatic carbocycles. The van der Waals surface area contributed by atoms with E-state index in [0.717, 1.165) is 18.0 Å². The van der Waals surface area contributed by atoms with Crippen molar-refractivity contribution < 1.29 is 4.79 Å². The van der Waals surface area contributed by atoms with Crippen LogP contribution in [0.15, 0.2) is 16.8 Å². The Labute approximate surface area is 98.7 Å². The van der Waals surface area contributed by atoms with Gasteiger partial charge < -0.3 is 10.6 Å². The molecule has 0 bridgehead atoms. The molecule has 1 amide bonds. The van der Waals surface area contributed by atoms with Crippen LogP contribution in [0, 0.1) is 5.92 Å². The highest BCUT2D eigenvalue weighted by Gasteiger charge is 2.47. The standard InChI is InChI=1S/C10H12N2OS.ClH/c13-10(11-7-1-2-14-5-7)9-4-6-3-8(6)12-9;/h1-2,5-6,8-9,12H,3-4H2,(H,11,13);1H/t6-,8-,9+;/m1./s1. The third-order valence-electron chi connectivity index (χ3n) is 2.98. The number of nitrogens with one attached hydrogen (secondary N) is 2. The van der Waals surface area contributed by atoms with E-state index < -0.39 is 0 Å². The van der Waals surface area contributed by atoms with Crippen LogP contribution in [0.3, 0.4) is 0 Å². The van der Waals surface area contributed by atoms with Crippen LogP contribution in [0.4, 0.5) is 5.69 Å². The molecule has 0 spiro atoms. The highest BCUT2D eigenvalue weighted by Crippen LogP contribution is 2.40. The molecule has 82 valence electrons. The first-order valence-electron chi connectivity index (χ1n) is 4.92. The fraction of sp³-hybridized carbons (Fsp3) is 0.500. The predicted molar refractivity (Wildman–Crippen MR) is 63.6 cm³/mol. The van der Waals surface area contributed by atoms with Gasteiger partial charge in [-0.15, -0.1) is 12.4 Å². The van der Waals surface area contributed by atoms with Gasteiger partial charge in [-0.3, -0.25) is 4.79 Å². The van der Waals surface area contributed by atoms with Crippen LogP contribution in [0.25, 0.3) is 0 Å². The van der Waals surface area contributed by atoms with Crippen LogP contribution in [0.5, 0.6) is 0 Å². The summed E-state index contributed by atoms with van der Waals surface area (Å²) in [6.45, 7) is 0. The average molecular weight is 245 g/mol. The zero-order valence-corrected chi connectivity index (χ0v) is 9.74. The van der Waals surface area contributed by atoms with E-state index in [1.54, 1.807) is 11.3 Å². The maximum absolute atomic E-state index is 11.7. The zero-order valence-electron chi connectivity index (χ0n) is 8.10. The summed E-state index contributed by atoms with van der Waals surface area (Å²) in [5.41, 5.74) is 0.919. The molecule has 2 heterocycles. The summed E-state index contributed by atoms with van der Waals surface area (Å²) in [4.78, 5) is 11.7. The van der Waals surface area contributed by atoms with Gasteiger partial charge in [0, 0.05) is 11.4 Å². The Morgan fingerprint density at radius 2 is 2.40 bits per heavy atom. The first-order chi connectivity index (χ1) is 6.83. The fourth-order valence-corrected chi connectivity index (χ4v) is 2.68. The van der Waals surface area contributed by atoms with Crippen molar-refractivity contribution in [2.24, 2.45) is 5.92 Å². The molecule has 0 radical (unpaired) electrons. The minimum Gasteiger partial charge on any atom is -0.324 e. The van der Waals surface area contributed by atoms with E-state index in [0.29, 0.717) is 6.04 Å². The second kappa shape index (κ2) is 4.12. The van der Waals surface area contributed by atoms with Gasteiger partial charge in [0.2, 0.25) is 5.91 Å². The largest absolute Gasteiger partial charge is 0.324 e. The quantitative estimate of drug-likeness (QED) is 0.834. The first-order valence-corrected chi connectivity index (χ1v) is 5.86. The van der Waals surface area contributed by atoms with E-state index in [2.05, 4.69) is 10.6 Å². The minimum atomic E-state index is 0. The Balaban J connectivity index is 0.000000853. The smallest absolute Gasteiger partial charge is 0.241 e. The van der Waals surface area contributed by atoms with E-state index >= 15 is 0 Å². The van der Waals surface area contributed by atoms with E-state index in [9.17, 15) is 4.79 Å². The second-order valence-corrected chi connectivity index (χ2v) is 4.84. The van der Waals surface area contributed by atoms with Gasteiger partial charge in [0.25, 0.3) is 0 Å². The summed E-state index contributed by atoms with van der Waals surface area (Å²) in [5.74, 6) is 0.892. The molecule has 2 aliphatic rings. The Kier molecular flexibility index (Phi) is 3.00. The molecule has 5 heteroatoms. The lowest BCUT2D eigenvalue weighted by molar-refractivity contribution is -0.118. The van der Waals surface area contributed by atoms with Crippen molar-refractivity contribution in [1.82, 2.24) is 5.32 Å². The lowest BCUT2D eigenvalue weighted by atomic mass is 10.1. The van der Waals surface area contributed by atoms with Gasteiger partial charge in [-0.2, -0.15) is 11.3 Å². The van der Waals surface area contributed by atoms with Gasteiger partial charge in [0.15, 0.2) is 0 Å². The fourth-order valence-electron chi connectivity index (χ4n) is 2.09. The molecule has 1 aromatic heterocycles. The Morgan fingerprint density at radius 1 is 1.53 bits per heavy atom. The van der Waals surface area contributed by atoms with Gasteiger partial charge in [0.05, 0.1) is 11.7 Å². The normalized spacial score (nSPS) is 31.6. The van der Waals surface area contributed by atoms with Crippen LogP contribution < -0.4 is 10.6 Å². The highest BCUT2D eigenvalue weighted by molar-refractivity contribution is 7.08. The van der Waals surface area contributed by atoms with Crippen molar-refractivity contribution in [3.05, 3.63) is 16.8 Å². The Bertz CT molecular complexity index is 344. The number of carbonyl (C=O) groups excluding carboxylic acids is 1. The van der Waals surface area contributed by atoms with E-state index in [1.165, 1.54) is 6.42 Å². The number of thiophene rings is 1. The summed E-state index contributed by atoms with van der Waals surface area (Å²) in [7, 11) is 0. The zero-order chi connectivity index (χ0) is 9.54. The topological polar surface area (TPSA) is 41.1 Å². The lowest BCUT2D eigenvalue weighted by Crippen LogP contribution is -2.37. The number of halogens is 1. The van der Waals surface area contributed by atoms with Crippen LogP contribution in [0.2, 0.25) is 0 Å². The van der Waals surface area contributed by atoms with Crippen LogP contribution in [-0.4, -0.2) is 18.0 Å². The van der Waals surface area contributed by atoms with Crippen LogP contribution in [0.1, 0.15) is 12.8 Å². The molecule has 1 aliphatic heterocycles. The van der Waals surface area contributed by atoms with Gasteiger partial charge >= 0.3 is 0 Å². The van der Waals surface area contributed by atoms with Crippen molar-refractivity contribution in [1.29, 1.82) is 0 Å². The molecule has 0 unspecified atom stereocenters. The van der Waals surface area contributed by atoms with Crippen LogP contribution >= 0.6 is 23.7 Å². The highest BCUT2D eigenvalue weighted by atomic mass is 35.5. The maximum Gasteiger partial charge on any atom is 0.241 e. The van der Waals surface area contributed by atoms with E-state index in [4.69, 9.17) is 0 Å². The predicted octanol–water partition coefficient (Wildman–Crippen LogP) is 1.86. The first kappa shape index (κ1) is 10.9. The number of hydrogen-bond acceptors (Lipinski definition) is 3. The van der Waals surface area contributed by atoms with Gasteiger partial charge in [0.1, 0.15) is 0 Å². The molecule has 0 aromatic carbocycles. The number of fused-ring (bicyclic) bond motifs is 1. The summed E-state index contributed by atoms with van der Waals surface area (Å²) in [6.07, 6.45) is 2.28. The van der Waals surface area contributed by atoms with Crippen molar-refractivity contribution in [3.63, 3.8) is 0 Å². The Morgan fingerprint density at radius 3 is 3.00 bits per heavy atom. The molecule has 3 rings (SSSR count). The van der Waals surface area contributed by atoms with Crippen LogP contribution in [-0.2, 0) is 4.79 Å². The molecule has 2 fully saturated rings. The minimum absolute atomic E-state index is 0. The number of carbonyl (C=O) groups is 1. The SMILES string of the molecule is Cl.O=C(Nc1ccsc1)[C@@H]1C[C@H]2C[C@H]2N1. The summed E-state index contributed by atoms with van der Waals surface area (Å²) in [5, 5.41) is 10.2. The maximum atomic E-state index is 11.7. The molecule has 2 N–H and O–H groups in total. The molecule has 1 saturated heterocycles.